The molecule has 2 aromatic rings. The van der Waals surface area contributed by atoms with Crippen molar-refractivity contribution in [2.24, 2.45) is 0 Å². The lowest BCUT2D eigenvalue weighted by atomic mass is 10.2. The van der Waals surface area contributed by atoms with Gasteiger partial charge < -0.3 is 9.73 Å². The Morgan fingerprint density at radius 3 is 2.93 bits per heavy atom. The van der Waals surface area contributed by atoms with Crippen LogP contribution in [0.2, 0.25) is 0 Å². The number of nitrogens with one attached hydrogen (secondary N) is 1. The summed E-state index contributed by atoms with van der Waals surface area (Å²) in [5.41, 5.74) is 0.859. The second-order valence-corrected chi connectivity index (χ2v) is 3.38. The number of carbonyl (C=O) groups excluding carboxylic acids is 1. The highest BCUT2D eigenvalue weighted by molar-refractivity contribution is 5.78. The van der Waals surface area contributed by atoms with Crippen LogP contribution in [0.4, 0.5) is 0 Å². The number of amides is 1. The van der Waals surface area contributed by atoms with E-state index >= 15 is 0 Å². The van der Waals surface area contributed by atoms with Gasteiger partial charge in [-0.2, -0.15) is 0 Å². The van der Waals surface area contributed by atoms with Crippen LogP contribution in [0.1, 0.15) is 19.1 Å². The Morgan fingerprint density at radius 1 is 1.40 bits per heavy atom. The second-order valence-electron chi connectivity index (χ2n) is 3.38. The summed E-state index contributed by atoms with van der Waals surface area (Å²) < 4.78 is 5.55. The Labute approximate surface area is 88.1 Å². The number of carbonyl (C=O) groups is 1. The van der Waals surface area contributed by atoms with Crippen LogP contribution in [0, 0.1) is 0 Å². The van der Waals surface area contributed by atoms with Gasteiger partial charge in [-0.15, -0.1) is 0 Å². The third-order valence-electron chi connectivity index (χ3n) is 2.26. The molecule has 0 aliphatic rings. The van der Waals surface area contributed by atoms with Crippen LogP contribution in [-0.4, -0.2) is 5.91 Å². The number of hydrogen-bond acceptors (Lipinski definition) is 2. The van der Waals surface area contributed by atoms with Crippen molar-refractivity contribution < 1.29 is 9.21 Å². The predicted molar refractivity (Wildman–Crippen MR) is 58.4 cm³/mol. The maximum absolute atomic E-state index is 11.0. The SMILES string of the molecule is CCC(=O)NCc1cc2ccccc2o1. The lowest BCUT2D eigenvalue weighted by Crippen LogP contribution is -2.20. The average molecular weight is 203 g/mol. The van der Waals surface area contributed by atoms with Crippen molar-refractivity contribution in [3.8, 4) is 0 Å². The molecule has 3 nitrogen and oxygen atoms in total. The van der Waals surface area contributed by atoms with Gasteiger partial charge in [-0.3, -0.25) is 4.79 Å². The van der Waals surface area contributed by atoms with E-state index in [1.54, 1.807) is 0 Å². The van der Waals surface area contributed by atoms with Crippen molar-refractivity contribution in [2.75, 3.05) is 0 Å². The molecular weight excluding hydrogens is 190 g/mol. The molecule has 0 aliphatic heterocycles. The van der Waals surface area contributed by atoms with E-state index < -0.39 is 0 Å². The van der Waals surface area contributed by atoms with Crippen LogP contribution in [0.15, 0.2) is 34.7 Å². The van der Waals surface area contributed by atoms with Gasteiger partial charge >= 0.3 is 0 Å². The summed E-state index contributed by atoms with van der Waals surface area (Å²) in [5.74, 6) is 0.827. The van der Waals surface area contributed by atoms with E-state index in [4.69, 9.17) is 4.42 Å². The Bertz CT molecular complexity index is 440. The summed E-state index contributed by atoms with van der Waals surface area (Å²) in [6.45, 7) is 2.29. The molecule has 1 heterocycles. The zero-order chi connectivity index (χ0) is 10.7. The van der Waals surface area contributed by atoms with Gasteiger partial charge in [0.1, 0.15) is 11.3 Å². The summed E-state index contributed by atoms with van der Waals surface area (Å²) in [4.78, 5) is 11.0. The Kier molecular flexibility index (Phi) is 2.72. The molecule has 0 aliphatic carbocycles. The van der Waals surface area contributed by atoms with Gasteiger partial charge in [-0.05, 0) is 12.1 Å². The number of para-hydroxylation sites is 1. The highest BCUT2D eigenvalue weighted by Gasteiger charge is 2.03. The van der Waals surface area contributed by atoms with Crippen molar-refractivity contribution in [3.05, 3.63) is 36.1 Å². The molecule has 2 rings (SSSR count). The Morgan fingerprint density at radius 2 is 2.20 bits per heavy atom. The number of hydrogen-bond donors (Lipinski definition) is 1. The Balaban J connectivity index is 2.12. The van der Waals surface area contributed by atoms with Crippen molar-refractivity contribution in [3.63, 3.8) is 0 Å². The van der Waals surface area contributed by atoms with Crippen LogP contribution in [0.3, 0.4) is 0 Å². The summed E-state index contributed by atoms with van der Waals surface area (Å²) in [6.07, 6.45) is 0.500. The van der Waals surface area contributed by atoms with E-state index in [0.717, 1.165) is 16.7 Å². The number of furan rings is 1. The molecule has 78 valence electrons. The van der Waals surface area contributed by atoms with E-state index in [1.807, 2.05) is 37.3 Å². The van der Waals surface area contributed by atoms with Gasteiger partial charge in [0, 0.05) is 11.8 Å². The van der Waals surface area contributed by atoms with Gasteiger partial charge in [0.25, 0.3) is 0 Å². The molecule has 0 spiro atoms. The monoisotopic (exact) mass is 203 g/mol. The van der Waals surface area contributed by atoms with Crippen LogP contribution >= 0.6 is 0 Å². The van der Waals surface area contributed by atoms with Crippen molar-refractivity contribution in [1.82, 2.24) is 5.32 Å². The number of fused-ring (bicyclic) bond motifs is 1. The molecule has 15 heavy (non-hydrogen) atoms. The maximum Gasteiger partial charge on any atom is 0.220 e. The molecule has 3 heteroatoms. The van der Waals surface area contributed by atoms with E-state index in [1.165, 1.54) is 0 Å². The van der Waals surface area contributed by atoms with Crippen molar-refractivity contribution in [2.45, 2.75) is 19.9 Å². The summed E-state index contributed by atoms with van der Waals surface area (Å²) in [5, 5.41) is 3.84. The van der Waals surface area contributed by atoms with Gasteiger partial charge in [-0.1, -0.05) is 25.1 Å². The number of rotatable bonds is 3. The molecule has 0 unspecified atom stereocenters. The first-order valence-electron chi connectivity index (χ1n) is 5.03. The standard InChI is InChI=1S/C12H13NO2/c1-2-12(14)13-8-10-7-9-5-3-4-6-11(9)15-10/h3-7H,2,8H2,1H3,(H,13,14). The molecule has 1 amide bonds. The largest absolute Gasteiger partial charge is 0.459 e. The normalized spacial score (nSPS) is 10.5. The van der Waals surface area contributed by atoms with E-state index in [9.17, 15) is 4.79 Å². The third kappa shape index (κ3) is 2.18. The topological polar surface area (TPSA) is 42.2 Å². The first-order valence-corrected chi connectivity index (χ1v) is 5.03. The van der Waals surface area contributed by atoms with Crippen LogP contribution < -0.4 is 5.32 Å². The van der Waals surface area contributed by atoms with Gasteiger partial charge in [0.05, 0.1) is 6.54 Å². The van der Waals surface area contributed by atoms with E-state index in [-0.39, 0.29) is 5.91 Å². The van der Waals surface area contributed by atoms with E-state index in [0.29, 0.717) is 13.0 Å². The quantitative estimate of drug-likeness (QED) is 0.832. The van der Waals surface area contributed by atoms with Crippen LogP contribution in [-0.2, 0) is 11.3 Å². The minimum absolute atomic E-state index is 0.0375. The fourth-order valence-electron chi connectivity index (χ4n) is 1.43. The molecule has 0 radical (unpaired) electrons. The molecule has 1 N–H and O–H groups in total. The second kappa shape index (κ2) is 4.17. The van der Waals surface area contributed by atoms with Crippen LogP contribution in [0.5, 0.6) is 0 Å². The zero-order valence-corrected chi connectivity index (χ0v) is 8.62. The fourth-order valence-corrected chi connectivity index (χ4v) is 1.43. The van der Waals surface area contributed by atoms with E-state index in [2.05, 4.69) is 5.32 Å². The highest BCUT2D eigenvalue weighted by atomic mass is 16.3. The average Bonchev–Trinajstić information content (AvgIpc) is 2.68. The smallest absolute Gasteiger partial charge is 0.220 e. The molecule has 0 saturated heterocycles. The summed E-state index contributed by atoms with van der Waals surface area (Å²) >= 11 is 0. The lowest BCUT2D eigenvalue weighted by Gasteiger charge is -1.98. The first kappa shape index (κ1) is 9.77. The van der Waals surface area contributed by atoms with Gasteiger partial charge in [-0.25, -0.2) is 0 Å². The fraction of sp³-hybridized carbons (Fsp3) is 0.250. The minimum Gasteiger partial charge on any atom is -0.459 e. The zero-order valence-electron chi connectivity index (χ0n) is 8.62. The molecule has 1 aromatic heterocycles. The van der Waals surface area contributed by atoms with Gasteiger partial charge in [0.2, 0.25) is 5.91 Å². The molecule has 1 aromatic carbocycles. The van der Waals surface area contributed by atoms with Crippen molar-refractivity contribution >= 4 is 16.9 Å². The Hall–Kier alpha value is -1.77. The number of benzene rings is 1. The van der Waals surface area contributed by atoms with Crippen LogP contribution in [0.25, 0.3) is 11.0 Å². The lowest BCUT2D eigenvalue weighted by molar-refractivity contribution is -0.121. The third-order valence-corrected chi connectivity index (χ3v) is 2.26. The van der Waals surface area contributed by atoms with Gasteiger partial charge in [0.15, 0.2) is 0 Å². The van der Waals surface area contributed by atoms with Crippen molar-refractivity contribution in [1.29, 1.82) is 0 Å². The minimum atomic E-state index is 0.0375. The highest BCUT2D eigenvalue weighted by Crippen LogP contribution is 2.18. The molecule has 0 saturated carbocycles. The first-order chi connectivity index (χ1) is 7.29. The predicted octanol–water partition coefficient (Wildman–Crippen LogP) is 2.46. The summed E-state index contributed by atoms with van der Waals surface area (Å²) in [6, 6.07) is 9.75. The molecule has 0 fully saturated rings. The molecule has 0 atom stereocenters. The summed E-state index contributed by atoms with van der Waals surface area (Å²) in [7, 11) is 0. The molecule has 0 bridgehead atoms. The maximum atomic E-state index is 11.0. The molecular formula is C12H13NO2.